The van der Waals surface area contributed by atoms with Crippen LogP contribution in [0.1, 0.15) is 12.0 Å². The standard InChI is InChI=1S/C16H13Cl2FN2O2/c17-12-2-1-3-13(18)16(12)21-15(23)8-14(22)20-9-10-4-6-11(19)7-5-10/h1-7H,8-9H2,(H,20,22)(H,21,23). The lowest BCUT2D eigenvalue weighted by Crippen LogP contribution is -2.27. The van der Waals surface area contributed by atoms with Crippen LogP contribution in [0.15, 0.2) is 42.5 Å². The summed E-state index contributed by atoms with van der Waals surface area (Å²) in [6.07, 6.45) is -0.372. The van der Waals surface area contributed by atoms with Crippen LogP contribution in [0.3, 0.4) is 0 Å². The van der Waals surface area contributed by atoms with Crippen LogP contribution in [-0.4, -0.2) is 11.8 Å². The van der Waals surface area contributed by atoms with E-state index in [2.05, 4.69) is 10.6 Å². The van der Waals surface area contributed by atoms with Gasteiger partial charge in [0.1, 0.15) is 12.2 Å². The topological polar surface area (TPSA) is 58.2 Å². The van der Waals surface area contributed by atoms with Crippen LogP contribution in [0.5, 0.6) is 0 Å². The van der Waals surface area contributed by atoms with Gasteiger partial charge in [0.15, 0.2) is 0 Å². The number of hydrogen-bond donors (Lipinski definition) is 2. The van der Waals surface area contributed by atoms with Gasteiger partial charge in [-0.25, -0.2) is 4.39 Å². The van der Waals surface area contributed by atoms with E-state index in [1.807, 2.05) is 0 Å². The third-order valence-electron chi connectivity index (χ3n) is 2.95. The van der Waals surface area contributed by atoms with Gasteiger partial charge in [0.05, 0.1) is 15.7 Å². The first-order valence-corrected chi connectivity index (χ1v) is 7.46. The number of benzene rings is 2. The summed E-state index contributed by atoms with van der Waals surface area (Å²) in [6, 6.07) is 10.5. The van der Waals surface area contributed by atoms with E-state index in [1.54, 1.807) is 30.3 Å². The molecular weight excluding hydrogens is 342 g/mol. The molecule has 7 heteroatoms. The van der Waals surface area contributed by atoms with Crippen LogP contribution < -0.4 is 10.6 Å². The largest absolute Gasteiger partial charge is 0.352 e. The van der Waals surface area contributed by atoms with Gasteiger partial charge in [-0.05, 0) is 29.8 Å². The van der Waals surface area contributed by atoms with Crippen molar-refractivity contribution in [1.29, 1.82) is 0 Å². The summed E-state index contributed by atoms with van der Waals surface area (Å²) in [5.41, 5.74) is 1.00. The Balaban J connectivity index is 1.85. The fraction of sp³-hybridized carbons (Fsp3) is 0.125. The van der Waals surface area contributed by atoms with Gasteiger partial charge in [-0.15, -0.1) is 0 Å². The van der Waals surface area contributed by atoms with E-state index in [0.29, 0.717) is 0 Å². The van der Waals surface area contributed by atoms with Crippen LogP contribution in [0.25, 0.3) is 0 Å². The quantitative estimate of drug-likeness (QED) is 0.802. The third-order valence-corrected chi connectivity index (χ3v) is 3.58. The van der Waals surface area contributed by atoms with E-state index in [4.69, 9.17) is 23.2 Å². The van der Waals surface area contributed by atoms with Crippen molar-refractivity contribution in [3.8, 4) is 0 Å². The number of para-hydroxylation sites is 1. The second kappa shape index (κ2) is 7.94. The van der Waals surface area contributed by atoms with Crippen molar-refractivity contribution in [3.63, 3.8) is 0 Å². The molecule has 2 N–H and O–H groups in total. The maximum absolute atomic E-state index is 12.8. The Morgan fingerprint density at radius 2 is 1.57 bits per heavy atom. The van der Waals surface area contributed by atoms with Gasteiger partial charge in [-0.1, -0.05) is 41.4 Å². The fourth-order valence-corrected chi connectivity index (χ4v) is 2.30. The smallest absolute Gasteiger partial charge is 0.233 e. The summed E-state index contributed by atoms with van der Waals surface area (Å²) in [7, 11) is 0. The number of halogens is 3. The van der Waals surface area contributed by atoms with Gasteiger partial charge in [-0.2, -0.15) is 0 Å². The fourth-order valence-electron chi connectivity index (χ4n) is 1.81. The Morgan fingerprint density at radius 3 is 2.17 bits per heavy atom. The number of hydrogen-bond acceptors (Lipinski definition) is 2. The van der Waals surface area contributed by atoms with Gasteiger partial charge in [0.25, 0.3) is 0 Å². The zero-order chi connectivity index (χ0) is 16.8. The van der Waals surface area contributed by atoms with Crippen molar-refractivity contribution in [3.05, 3.63) is 63.9 Å². The molecule has 23 heavy (non-hydrogen) atoms. The average Bonchev–Trinajstić information content (AvgIpc) is 2.50. The lowest BCUT2D eigenvalue weighted by Gasteiger charge is -2.09. The molecule has 120 valence electrons. The summed E-state index contributed by atoms with van der Waals surface area (Å²) < 4.78 is 12.8. The van der Waals surface area contributed by atoms with Crippen molar-refractivity contribution in [1.82, 2.24) is 5.32 Å². The number of amides is 2. The van der Waals surface area contributed by atoms with Crippen molar-refractivity contribution < 1.29 is 14.0 Å². The predicted octanol–water partition coefficient (Wildman–Crippen LogP) is 3.78. The summed E-state index contributed by atoms with van der Waals surface area (Å²) in [5.74, 6) is -1.34. The highest BCUT2D eigenvalue weighted by Crippen LogP contribution is 2.29. The monoisotopic (exact) mass is 354 g/mol. The van der Waals surface area contributed by atoms with E-state index < -0.39 is 11.8 Å². The van der Waals surface area contributed by atoms with Gasteiger partial charge in [0, 0.05) is 6.54 Å². The molecule has 0 atom stereocenters. The summed E-state index contributed by atoms with van der Waals surface area (Å²) in [5, 5.41) is 5.66. The number of anilines is 1. The number of carbonyl (C=O) groups excluding carboxylic acids is 2. The van der Waals surface area contributed by atoms with E-state index in [9.17, 15) is 14.0 Å². The Kier molecular flexibility index (Phi) is 5.96. The zero-order valence-electron chi connectivity index (χ0n) is 11.9. The minimum absolute atomic E-state index is 0.208. The van der Waals surface area contributed by atoms with E-state index in [1.165, 1.54) is 12.1 Å². The molecule has 0 unspecified atom stereocenters. The molecule has 2 aromatic carbocycles. The highest BCUT2D eigenvalue weighted by atomic mass is 35.5. The second-order valence-electron chi connectivity index (χ2n) is 4.72. The molecule has 0 heterocycles. The minimum atomic E-state index is -0.531. The van der Waals surface area contributed by atoms with Gasteiger partial charge in [-0.3, -0.25) is 9.59 Å². The molecule has 4 nitrogen and oxygen atoms in total. The molecule has 0 aromatic heterocycles. The molecule has 2 amide bonds. The Morgan fingerprint density at radius 1 is 0.957 bits per heavy atom. The molecule has 0 spiro atoms. The first kappa shape index (κ1) is 17.2. The Bertz CT molecular complexity index is 700. The highest BCUT2D eigenvalue weighted by Gasteiger charge is 2.13. The molecule has 0 bridgehead atoms. The minimum Gasteiger partial charge on any atom is -0.352 e. The molecular formula is C16H13Cl2FN2O2. The molecule has 0 aliphatic carbocycles. The highest BCUT2D eigenvalue weighted by molar-refractivity contribution is 6.39. The van der Waals surface area contributed by atoms with Crippen LogP contribution >= 0.6 is 23.2 Å². The number of rotatable bonds is 5. The van der Waals surface area contributed by atoms with Crippen molar-refractivity contribution >= 4 is 40.7 Å². The molecule has 0 radical (unpaired) electrons. The lowest BCUT2D eigenvalue weighted by molar-refractivity contribution is -0.126. The maximum atomic E-state index is 12.8. The van der Waals surface area contributed by atoms with Crippen LogP contribution in [-0.2, 0) is 16.1 Å². The second-order valence-corrected chi connectivity index (χ2v) is 5.54. The zero-order valence-corrected chi connectivity index (χ0v) is 13.4. The maximum Gasteiger partial charge on any atom is 0.233 e. The molecule has 2 rings (SSSR count). The molecule has 0 fully saturated rings. The molecule has 2 aromatic rings. The number of nitrogens with one attached hydrogen (secondary N) is 2. The van der Waals surface area contributed by atoms with Crippen molar-refractivity contribution in [2.24, 2.45) is 0 Å². The summed E-state index contributed by atoms with van der Waals surface area (Å²) in [4.78, 5) is 23.6. The molecule has 0 aliphatic rings. The van der Waals surface area contributed by atoms with Crippen LogP contribution in [0.2, 0.25) is 10.0 Å². The lowest BCUT2D eigenvalue weighted by atomic mass is 10.2. The SMILES string of the molecule is O=C(CC(=O)Nc1c(Cl)cccc1Cl)NCc1ccc(F)cc1. The van der Waals surface area contributed by atoms with Crippen LogP contribution in [0, 0.1) is 5.82 Å². The van der Waals surface area contributed by atoms with E-state index in [-0.39, 0.29) is 34.5 Å². The summed E-state index contributed by atoms with van der Waals surface area (Å²) in [6.45, 7) is 0.208. The van der Waals surface area contributed by atoms with Gasteiger partial charge in [0.2, 0.25) is 11.8 Å². The molecule has 0 saturated heterocycles. The number of carbonyl (C=O) groups is 2. The first-order valence-electron chi connectivity index (χ1n) is 6.70. The van der Waals surface area contributed by atoms with E-state index >= 15 is 0 Å². The molecule has 0 saturated carbocycles. The predicted molar refractivity (Wildman–Crippen MR) is 88.0 cm³/mol. The van der Waals surface area contributed by atoms with Crippen molar-refractivity contribution in [2.45, 2.75) is 13.0 Å². The Hall–Kier alpha value is -2.11. The first-order chi connectivity index (χ1) is 11.0. The normalized spacial score (nSPS) is 10.2. The van der Waals surface area contributed by atoms with E-state index in [0.717, 1.165) is 5.56 Å². The molecule has 0 aliphatic heterocycles. The third kappa shape index (κ3) is 5.23. The summed E-state index contributed by atoms with van der Waals surface area (Å²) >= 11 is 11.9. The Labute approximate surface area is 142 Å². The average molecular weight is 355 g/mol. The van der Waals surface area contributed by atoms with Crippen molar-refractivity contribution in [2.75, 3.05) is 5.32 Å². The van der Waals surface area contributed by atoms with Gasteiger partial charge < -0.3 is 10.6 Å². The van der Waals surface area contributed by atoms with Crippen LogP contribution in [0.4, 0.5) is 10.1 Å². The van der Waals surface area contributed by atoms with Gasteiger partial charge >= 0.3 is 0 Å².